The third kappa shape index (κ3) is 5.51. The first-order valence-electron chi connectivity index (χ1n) is 1.93. The summed E-state index contributed by atoms with van der Waals surface area (Å²) in [6.07, 6.45) is 0.154. The van der Waals surface area contributed by atoms with Crippen molar-refractivity contribution in [3.05, 3.63) is 0 Å². The summed E-state index contributed by atoms with van der Waals surface area (Å²) >= 11 is 0. The lowest BCUT2D eigenvalue weighted by Crippen LogP contribution is -1.81. The van der Waals surface area contributed by atoms with E-state index >= 15 is 0 Å². The van der Waals surface area contributed by atoms with Gasteiger partial charge in [0.05, 0.1) is 19.1 Å². The van der Waals surface area contributed by atoms with E-state index in [9.17, 15) is 4.57 Å². The molecule has 0 aliphatic carbocycles. The van der Waals surface area contributed by atoms with Gasteiger partial charge in [0, 0.05) is 0 Å². The summed E-state index contributed by atoms with van der Waals surface area (Å²) in [7, 11) is -2.51. The maximum atomic E-state index is 9.69. The van der Waals surface area contributed by atoms with Crippen molar-refractivity contribution in [1.82, 2.24) is 0 Å². The summed E-state index contributed by atoms with van der Waals surface area (Å²) in [5.41, 5.74) is 0. The molecular formula is C3H5NO3P. The van der Waals surface area contributed by atoms with Crippen LogP contribution in [0.4, 0.5) is 0 Å². The van der Waals surface area contributed by atoms with Crippen LogP contribution < -0.4 is 0 Å². The predicted octanol–water partition coefficient (Wildman–Crippen LogP) is 0.566. The Labute approximate surface area is 47.6 Å². The second-order valence-electron chi connectivity index (χ2n) is 0.979. The summed E-state index contributed by atoms with van der Waals surface area (Å²) in [5, 5.41) is 7.87. The molecule has 0 saturated heterocycles. The van der Waals surface area contributed by atoms with Crippen molar-refractivity contribution in [2.75, 3.05) is 6.61 Å². The van der Waals surface area contributed by atoms with Crippen molar-refractivity contribution in [1.29, 1.82) is 5.26 Å². The quantitative estimate of drug-likeness (QED) is 0.452. The number of hydrogen-bond donors (Lipinski definition) is 1. The Balaban J connectivity index is 2.97. The molecule has 1 N–H and O–H groups in total. The molecule has 0 amide bonds. The normalized spacial score (nSPS) is 10.2. The predicted molar refractivity (Wildman–Crippen MR) is 26.0 cm³/mol. The Morgan fingerprint density at radius 3 is 2.88 bits per heavy atom. The van der Waals surface area contributed by atoms with Crippen LogP contribution in [-0.2, 0) is 9.09 Å². The maximum absolute atomic E-state index is 9.69. The first-order chi connectivity index (χ1) is 3.77. The van der Waals surface area contributed by atoms with Crippen molar-refractivity contribution in [3.63, 3.8) is 0 Å². The van der Waals surface area contributed by atoms with Gasteiger partial charge in [-0.3, -0.25) is 9.42 Å². The van der Waals surface area contributed by atoms with E-state index < -0.39 is 8.25 Å². The van der Waals surface area contributed by atoms with E-state index in [0.717, 1.165) is 0 Å². The highest BCUT2D eigenvalue weighted by Gasteiger charge is 1.90. The summed E-state index contributed by atoms with van der Waals surface area (Å²) < 4.78 is 13.8. The van der Waals surface area contributed by atoms with Gasteiger partial charge in [-0.15, -0.1) is 0 Å². The van der Waals surface area contributed by atoms with Crippen LogP contribution >= 0.6 is 8.25 Å². The van der Waals surface area contributed by atoms with Gasteiger partial charge in [-0.2, -0.15) is 5.26 Å². The molecular weight excluding hydrogens is 129 g/mol. The van der Waals surface area contributed by atoms with Crippen LogP contribution in [0.3, 0.4) is 0 Å². The second kappa shape index (κ2) is 4.66. The van der Waals surface area contributed by atoms with Crippen LogP contribution in [-0.4, -0.2) is 11.5 Å². The molecule has 4 nitrogen and oxygen atoms in total. The molecule has 0 saturated carbocycles. The first-order valence-corrected chi connectivity index (χ1v) is 3.06. The Hall–Kier alpha value is -0.490. The summed E-state index contributed by atoms with van der Waals surface area (Å²) in [6.45, 7) is 0.0300. The number of nitrogens with zero attached hydrogens (tertiary/aromatic N) is 1. The molecule has 8 heavy (non-hydrogen) atoms. The molecule has 1 atom stereocenters. The van der Waals surface area contributed by atoms with Crippen LogP contribution in [0.1, 0.15) is 6.42 Å². The van der Waals surface area contributed by atoms with Gasteiger partial charge in [-0.1, -0.05) is 0 Å². The van der Waals surface area contributed by atoms with E-state index in [2.05, 4.69) is 4.52 Å². The smallest absolute Gasteiger partial charge is 0.298 e. The zero-order chi connectivity index (χ0) is 6.41. The maximum Gasteiger partial charge on any atom is 0.366 e. The van der Waals surface area contributed by atoms with Crippen LogP contribution in [0.5, 0.6) is 0 Å². The van der Waals surface area contributed by atoms with Crippen LogP contribution in [0.2, 0.25) is 0 Å². The molecule has 0 heterocycles. The minimum atomic E-state index is -2.51. The second-order valence-corrected chi connectivity index (χ2v) is 1.71. The molecule has 5 heteroatoms. The van der Waals surface area contributed by atoms with E-state index in [-0.39, 0.29) is 13.0 Å². The third-order valence-electron chi connectivity index (χ3n) is 0.416. The van der Waals surface area contributed by atoms with Crippen molar-refractivity contribution in [2.24, 2.45) is 0 Å². The largest absolute Gasteiger partial charge is 0.366 e. The van der Waals surface area contributed by atoms with Gasteiger partial charge < -0.3 is 0 Å². The van der Waals surface area contributed by atoms with Crippen molar-refractivity contribution >= 4 is 8.25 Å². The average Bonchev–Trinajstić information content (AvgIpc) is 1.66. The minimum absolute atomic E-state index is 0.0300. The Bertz CT molecular complexity index is 118. The molecule has 0 aromatic carbocycles. The van der Waals surface area contributed by atoms with E-state index in [0.29, 0.717) is 0 Å². The van der Waals surface area contributed by atoms with Gasteiger partial charge in [0.1, 0.15) is 0 Å². The molecule has 0 fully saturated rings. The van der Waals surface area contributed by atoms with Gasteiger partial charge in [0.15, 0.2) is 0 Å². The van der Waals surface area contributed by atoms with E-state index in [1.54, 1.807) is 6.07 Å². The zero-order valence-corrected chi connectivity index (χ0v) is 4.97. The van der Waals surface area contributed by atoms with E-state index in [1.165, 1.54) is 0 Å². The lowest BCUT2D eigenvalue weighted by molar-refractivity contribution is 0.288. The monoisotopic (exact) mass is 134 g/mol. The van der Waals surface area contributed by atoms with Crippen LogP contribution in [0, 0.1) is 11.3 Å². The van der Waals surface area contributed by atoms with Gasteiger partial charge >= 0.3 is 8.25 Å². The lowest BCUT2D eigenvalue weighted by atomic mass is 10.5. The molecule has 0 aromatic heterocycles. The average molecular weight is 134 g/mol. The van der Waals surface area contributed by atoms with Crippen molar-refractivity contribution < 1.29 is 14.0 Å². The topological polar surface area (TPSA) is 70.3 Å². The van der Waals surface area contributed by atoms with E-state index in [1.807, 2.05) is 0 Å². The van der Waals surface area contributed by atoms with E-state index in [4.69, 9.17) is 10.2 Å². The standard InChI is InChI=1S/C3H5NO3P/c4-2-1-3-7-8(5)6/h1,3H2,(H,5,6). The fraction of sp³-hybridized carbons (Fsp3) is 0.667. The number of nitriles is 1. The Morgan fingerprint density at radius 2 is 2.50 bits per heavy atom. The SMILES string of the molecule is N#CCCO[P](=O)O. The highest BCUT2D eigenvalue weighted by atomic mass is 31.1. The molecule has 0 aliphatic heterocycles. The Morgan fingerprint density at radius 1 is 1.88 bits per heavy atom. The van der Waals surface area contributed by atoms with Gasteiger partial charge in [-0.05, 0) is 0 Å². The molecule has 0 rings (SSSR count). The molecule has 45 valence electrons. The fourth-order valence-electron chi connectivity index (χ4n) is 0.169. The zero-order valence-electron chi connectivity index (χ0n) is 4.07. The van der Waals surface area contributed by atoms with Crippen molar-refractivity contribution in [3.8, 4) is 6.07 Å². The van der Waals surface area contributed by atoms with Crippen LogP contribution in [0.15, 0.2) is 0 Å². The molecule has 0 aromatic rings. The lowest BCUT2D eigenvalue weighted by Gasteiger charge is -1.87. The van der Waals surface area contributed by atoms with Crippen LogP contribution in [0.25, 0.3) is 0 Å². The molecule has 0 aliphatic rings. The Kier molecular flexibility index (Phi) is 4.38. The highest BCUT2D eigenvalue weighted by Crippen LogP contribution is 2.13. The first kappa shape index (κ1) is 7.51. The van der Waals surface area contributed by atoms with Gasteiger partial charge in [-0.25, -0.2) is 4.57 Å². The summed E-state index contributed by atoms with van der Waals surface area (Å²) in [6, 6.07) is 1.76. The molecule has 1 unspecified atom stereocenters. The fourth-order valence-corrected chi connectivity index (χ4v) is 0.417. The molecule has 1 radical (unpaired) electrons. The molecule has 0 spiro atoms. The number of hydrogen-bond acceptors (Lipinski definition) is 3. The molecule has 0 bridgehead atoms. The van der Waals surface area contributed by atoms with Gasteiger partial charge in [0.2, 0.25) is 0 Å². The van der Waals surface area contributed by atoms with Gasteiger partial charge in [0.25, 0.3) is 0 Å². The summed E-state index contributed by atoms with van der Waals surface area (Å²) in [5.74, 6) is 0. The highest BCUT2D eigenvalue weighted by molar-refractivity contribution is 7.32. The summed E-state index contributed by atoms with van der Waals surface area (Å²) in [4.78, 5) is 7.96. The van der Waals surface area contributed by atoms with Crippen molar-refractivity contribution in [2.45, 2.75) is 6.42 Å². The third-order valence-corrected chi connectivity index (χ3v) is 0.819. The number of rotatable bonds is 3. The minimum Gasteiger partial charge on any atom is -0.298 e.